The molecule has 1 aliphatic rings. The molecular formula is C15H24N2. The maximum Gasteiger partial charge on any atom is 0.0470 e. The predicted molar refractivity (Wildman–Crippen MR) is 73.1 cm³/mol. The van der Waals surface area contributed by atoms with Crippen molar-refractivity contribution in [2.24, 2.45) is 5.73 Å². The number of likely N-dealkylation sites (tertiary alicyclic amines) is 1. The Hall–Kier alpha value is -0.860. The Kier molecular flexibility index (Phi) is 4.19. The molecule has 0 aromatic heterocycles. The van der Waals surface area contributed by atoms with Crippen molar-refractivity contribution in [3.63, 3.8) is 0 Å². The average molecular weight is 232 g/mol. The van der Waals surface area contributed by atoms with E-state index in [1.165, 1.54) is 37.1 Å². The van der Waals surface area contributed by atoms with E-state index in [4.69, 9.17) is 5.73 Å². The normalized spacial score (nSPS) is 18.8. The third-order valence-electron chi connectivity index (χ3n) is 3.79. The highest BCUT2D eigenvalue weighted by molar-refractivity contribution is 5.27. The van der Waals surface area contributed by atoms with Gasteiger partial charge in [0.25, 0.3) is 0 Å². The molecule has 1 heterocycles. The van der Waals surface area contributed by atoms with Gasteiger partial charge in [-0.1, -0.05) is 38.1 Å². The lowest BCUT2D eigenvalue weighted by molar-refractivity contribution is 0.251. The molecule has 2 heteroatoms. The molecule has 2 N–H and O–H groups in total. The van der Waals surface area contributed by atoms with Crippen LogP contribution in [-0.4, -0.2) is 24.5 Å². The molecule has 17 heavy (non-hydrogen) atoms. The van der Waals surface area contributed by atoms with Gasteiger partial charge in [0.2, 0.25) is 0 Å². The van der Waals surface area contributed by atoms with Gasteiger partial charge in [-0.15, -0.1) is 0 Å². The van der Waals surface area contributed by atoms with Gasteiger partial charge in [0, 0.05) is 12.6 Å². The fourth-order valence-electron chi connectivity index (χ4n) is 2.65. The van der Waals surface area contributed by atoms with Crippen LogP contribution in [0.15, 0.2) is 24.3 Å². The Bertz CT molecular complexity index is 336. The predicted octanol–water partition coefficient (Wildman–Crippen LogP) is 2.91. The summed E-state index contributed by atoms with van der Waals surface area (Å²) < 4.78 is 0. The largest absolute Gasteiger partial charge is 0.329 e. The number of rotatable bonds is 4. The van der Waals surface area contributed by atoms with Gasteiger partial charge in [0.05, 0.1) is 0 Å². The zero-order valence-corrected chi connectivity index (χ0v) is 11.0. The summed E-state index contributed by atoms with van der Waals surface area (Å²) in [4.78, 5) is 2.52. The third kappa shape index (κ3) is 2.88. The van der Waals surface area contributed by atoms with Crippen molar-refractivity contribution in [3.05, 3.63) is 35.4 Å². The lowest BCUT2D eigenvalue weighted by Crippen LogP contribution is -2.31. The van der Waals surface area contributed by atoms with Crippen molar-refractivity contribution in [3.8, 4) is 0 Å². The first-order valence-electron chi connectivity index (χ1n) is 6.76. The maximum atomic E-state index is 5.94. The Morgan fingerprint density at radius 3 is 2.06 bits per heavy atom. The van der Waals surface area contributed by atoms with E-state index >= 15 is 0 Å². The molecule has 0 aliphatic carbocycles. The fraction of sp³-hybridized carbons (Fsp3) is 0.600. The highest BCUT2D eigenvalue weighted by atomic mass is 15.2. The third-order valence-corrected chi connectivity index (χ3v) is 3.79. The smallest absolute Gasteiger partial charge is 0.0470 e. The topological polar surface area (TPSA) is 29.3 Å². The van der Waals surface area contributed by atoms with E-state index in [2.05, 4.69) is 43.0 Å². The van der Waals surface area contributed by atoms with Crippen LogP contribution in [0.5, 0.6) is 0 Å². The summed E-state index contributed by atoms with van der Waals surface area (Å²) in [6.45, 7) is 7.59. The van der Waals surface area contributed by atoms with E-state index in [0.717, 1.165) is 6.54 Å². The average Bonchev–Trinajstić information content (AvgIpc) is 2.84. The van der Waals surface area contributed by atoms with E-state index in [1.54, 1.807) is 0 Å². The zero-order valence-electron chi connectivity index (χ0n) is 11.0. The van der Waals surface area contributed by atoms with Crippen LogP contribution in [0.1, 0.15) is 49.8 Å². The molecular weight excluding hydrogens is 208 g/mol. The number of nitrogens with two attached hydrogens (primary N) is 1. The molecule has 1 fully saturated rings. The van der Waals surface area contributed by atoms with Crippen LogP contribution in [0.25, 0.3) is 0 Å². The Labute approximate surface area is 105 Å². The highest BCUT2D eigenvalue weighted by Gasteiger charge is 2.21. The summed E-state index contributed by atoms with van der Waals surface area (Å²) in [6.07, 6.45) is 2.64. The summed E-state index contributed by atoms with van der Waals surface area (Å²) in [5.41, 5.74) is 8.72. The summed E-state index contributed by atoms with van der Waals surface area (Å²) in [5, 5.41) is 0. The number of nitrogens with zero attached hydrogens (tertiary/aromatic N) is 1. The van der Waals surface area contributed by atoms with Gasteiger partial charge in [-0.3, -0.25) is 4.90 Å². The van der Waals surface area contributed by atoms with Crippen LogP contribution in [0.4, 0.5) is 0 Å². The molecule has 0 bridgehead atoms. The first-order chi connectivity index (χ1) is 8.22. The van der Waals surface area contributed by atoms with Crippen LogP contribution in [0, 0.1) is 0 Å². The molecule has 1 aromatic carbocycles. The standard InChI is InChI=1S/C15H24N2/c1-12(2)13-5-7-14(8-6-13)15(11-16)17-9-3-4-10-17/h5-8,12,15H,3-4,9-11,16H2,1-2H3/t15-/m1/s1. The van der Waals surface area contributed by atoms with E-state index in [1.807, 2.05) is 0 Å². The first-order valence-corrected chi connectivity index (χ1v) is 6.76. The summed E-state index contributed by atoms with van der Waals surface area (Å²) in [6, 6.07) is 9.42. The lowest BCUT2D eigenvalue weighted by Gasteiger charge is -2.26. The van der Waals surface area contributed by atoms with Gasteiger partial charge >= 0.3 is 0 Å². The molecule has 1 atom stereocenters. The minimum atomic E-state index is 0.415. The van der Waals surface area contributed by atoms with Crippen LogP contribution >= 0.6 is 0 Å². The minimum Gasteiger partial charge on any atom is -0.329 e. The molecule has 2 rings (SSSR count). The molecule has 0 unspecified atom stereocenters. The first kappa shape index (κ1) is 12.6. The highest BCUT2D eigenvalue weighted by Crippen LogP contribution is 2.25. The second-order valence-corrected chi connectivity index (χ2v) is 5.32. The maximum absolute atomic E-state index is 5.94. The molecule has 1 saturated heterocycles. The molecule has 2 nitrogen and oxygen atoms in total. The number of hydrogen-bond acceptors (Lipinski definition) is 2. The van der Waals surface area contributed by atoms with Gasteiger partial charge in [0.15, 0.2) is 0 Å². The molecule has 0 saturated carbocycles. The van der Waals surface area contributed by atoms with Crippen molar-refractivity contribution in [2.75, 3.05) is 19.6 Å². The van der Waals surface area contributed by atoms with Crippen LogP contribution in [0.3, 0.4) is 0 Å². The number of hydrogen-bond donors (Lipinski definition) is 1. The van der Waals surface area contributed by atoms with E-state index in [9.17, 15) is 0 Å². The SMILES string of the molecule is CC(C)c1ccc([C@@H](CN)N2CCCC2)cc1. The quantitative estimate of drug-likeness (QED) is 0.865. The van der Waals surface area contributed by atoms with E-state index < -0.39 is 0 Å². The Morgan fingerprint density at radius 1 is 1.06 bits per heavy atom. The Balaban J connectivity index is 2.13. The zero-order chi connectivity index (χ0) is 12.3. The van der Waals surface area contributed by atoms with Crippen LogP contribution in [0.2, 0.25) is 0 Å². The second-order valence-electron chi connectivity index (χ2n) is 5.32. The van der Waals surface area contributed by atoms with Crippen LogP contribution in [-0.2, 0) is 0 Å². The van der Waals surface area contributed by atoms with Gasteiger partial charge in [-0.25, -0.2) is 0 Å². The van der Waals surface area contributed by atoms with Gasteiger partial charge in [-0.05, 0) is 43.0 Å². The summed E-state index contributed by atoms with van der Waals surface area (Å²) >= 11 is 0. The Morgan fingerprint density at radius 2 is 1.59 bits per heavy atom. The summed E-state index contributed by atoms with van der Waals surface area (Å²) in [7, 11) is 0. The molecule has 0 amide bonds. The molecule has 0 spiro atoms. The molecule has 0 radical (unpaired) electrons. The van der Waals surface area contributed by atoms with Gasteiger partial charge < -0.3 is 5.73 Å². The fourth-order valence-corrected chi connectivity index (χ4v) is 2.65. The van der Waals surface area contributed by atoms with Crippen molar-refractivity contribution in [1.29, 1.82) is 0 Å². The van der Waals surface area contributed by atoms with Crippen molar-refractivity contribution < 1.29 is 0 Å². The molecule has 94 valence electrons. The van der Waals surface area contributed by atoms with E-state index in [0.29, 0.717) is 12.0 Å². The van der Waals surface area contributed by atoms with Crippen molar-refractivity contribution in [1.82, 2.24) is 4.90 Å². The van der Waals surface area contributed by atoms with Gasteiger partial charge in [0.1, 0.15) is 0 Å². The second kappa shape index (κ2) is 5.65. The monoisotopic (exact) mass is 232 g/mol. The van der Waals surface area contributed by atoms with Crippen molar-refractivity contribution in [2.45, 2.75) is 38.6 Å². The van der Waals surface area contributed by atoms with Crippen molar-refractivity contribution >= 4 is 0 Å². The lowest BCUT2D eigenvalue weighted by atomic mass is 9.98. The van der Waals surface area contributed by atoms with Crippen LogP contribution < -0.4 is 5.73 Å². The minimum absolute atomic E-state index is 0.415. The summed E-state index contributed by atoms with van der Waals surface area (Å²) in [5.74, 6) is 0.604. The van der Waals surface area contributed by atoms with E-state index in [-0.39, 0.29) is 0 Å². The molecule has 1 aliphatic heterocycles. The molecule has 1 aromatic rings. The number of benzene rings is 1. The van der Waals surface area contributed by atoms with Gasteiger partial charge in [-0.2, -0.15) is 0 Å².